The van der Waals surface area contributed by atoms with E-state index in [9.17, 15) is 16.8 Å². The van der Waals surface area contributed by atoms with Gasteiger partial charge >= 0.3 is 0 Å². The van der Waals surface area contributed by atoms with Gasteiger partial charge in [-0.15, -0.1) is 0 Å². The Morgan fingerprint density at radius 2 is 0.800 bits per heavy atom. The van der Waals surface area contributed by atoms with Crippen molar-refractivity contribution in [2.45, 2.75) is 16.2 Å². The van der Waals surface area contributed by atoms with Gasteiger partial charge in [0, 0.05) is 22.7 Å². The van der Waals surface area contributed by atoms with Crippen molar-refractivity contribution in [2.24, 2.45) is 0 Å². The highest BCUT2D eigenvalue weighted by Crippen LogP contribution is 2.21. The van der Waals surface area contributed by atoms with Gasteiger partial charge in [-0.3, -0.25) is 9.44 Å². The van der Waals surface area contributed by atoms with E-state index in [0.717, 1.165) is 11.1 Å². The Morgan fingerprint density at radius 1 is 0.486 bits per heavy atom. The van der Waals surface area contributed by atoms with Crippen molar-refractivity contribution in [1.82, 2.24) is 0 Å². The molecule has 0 radical (unpaired) electrons. The second-order valence-electron chi connectivity index (χ2n) is 7.92. The van der Waals surface area contributed by atoms with Crippen molar-refractivity contribution in [1.29, 1.82) is 0 Å². The Morgan fingerprint density at radius 3 is 1.11 bits per heavy atom. The number of hydrogen-bond acceptors (Lipinski definition) is 6. The lowest BCUT2D eigenvalue weighted by molar-refractivity contribution is 0.599. The molecule has 10 heteroatoms. The van der Waals surface area contributed by atoms with Crippen LogP contribution in [0.2, 0.25) is 0 Å². The average molecular weight is 509 g/mol. The maximum atomic E-state index is 12.5. The van der Waals surface area contributed by atoms with Gasteiger partial charge in [-0.2, -0.15) is 0 Å². The van der Waals surface area contributed by atoms with E-state index in [0.29, 0.717) is 29.2 Å². The molecule has 0 aliphatic carbocycles. The van der Waals surface area contributed by atoms with Crippen molar-refractivity contribution < 1.29 is 16.8 Å². The van der Waals surface area contributed by atoms with Crippen molar-refractivity contribution >= 4 is 42.8 Å². The molecule has 8 nitrogen and oxygen atoms in total. The molecular weight excluding hydrogens is 484 g/mol. The molecule has 0 aliphatic rings. The number of nitrogens with one attached hydrogen (secondary N) is 2. The predicted octanol–water partition coefficient (Wildman–Crippen LogP) is 4.04. The zero-order valence-electron chi connectivity index (χ0n) is 18.5. The molecular formula is C25H24N4O4S2. The first kappa shape index (κ1) is 24.1. The maximum absolute atomic E-state index is 12.5. The van der Waals surface area contributed by atoms with Gasteiger partial charge in [0.15, 0.2) is 0 Å². The molecule has 0 atom stereocenters. The third kappa shape index (κ3) is 6.11. The normalized spacial score (nSPS) is 11.7. The molecule has 0 aliphatic heterocycles. The fourth-order valence-electron chi connectivity index (χ4n) is 3.34. The molecule has 0 saturated heterocycles. The highest BCUT2D eigenvalue weighted by atomic mass is 32.2. The van der Waals surface area contributed by atoms with Crippen molar-refractivity contribution in [3.8, 4) is 0 Å². The van der Waals surface area contributed by atoms with Crippen LogP contribution < -0.4 is 20.9 Å². The summed E-state index contributed by atoms with van der Waals surface area (Å²) in [5.41, 5.74) is 15.0. The molecule has 180 valence electrons. The molecule has 4 aromatic carbocycles. The smallest absolute Gasteiger partial charge is 0.261 e. The van der Waals surface area contributed by atoms with E-state index in [1.807, 2.05) is 24.3 Å². The Hall–Kier alpha value is -4.02. The molecule has 0 unspecified atom stereocenters. The Balaban J connectivity index is 1.39. The van der Waals surface area contributed by atoms with Crippen molar-refractivity contribution in [2.75, 3.05) is 20.9 Å². The van der Waals surface area contributed by atoms with Crippen LogP contribution in [0.4, 0.5) is 22.7 Å². The van der Waals surface area contributed by atoms with E-state index in [1.54, 1.807) is 24.3 Å². The number of nitrogen functional groups attached to an aromatic ring is 2. The van der Waals surface area contributed by atoms with Gasteiger partial charge in [0.2, 0.25) is 0 Å². The number of hydrogen-bond donors (Lipinski definition) is 4. The number of anilines is 4. The van der Waals surface area contributed by atoms with E-state index in [4.69, 9.17) is 11.5 Å². The van der Waals surface area contributed by atoms with E-state index in [2.05, 4.69) is 9.44 Å². The number of sulfonamides is 2. The van der Waals surface area contributed by atoms with Gasteiger partial charge in [0.25, 0.3) is 20.0 Å². The lowest BCUT2D eigenvalue weighted by Gasteiger charge is -2.10. The topological polar surface area (TPSA) is 144 Å². The molecule has 6 N–H and O–H groups in total. The number of benzene rings is 4. The largest absolute Gasteiger partial charge is 0.399 e. The van der Waals surface area contributed by atoms with Gasteiger partial charge in [0.05, 0.1) is 9.79 Å². The quantitative estimate of drug-likeness (QED) is 0.264. The highest BCUT2D eigenvalue weighted by Gasteiger charge is 2.15. The molecule has 4 aromatic rings. The Bertz CT molecular complexity index is 1400. The highest BCUT2D eigenvalue weighted by molar-refractivity contribution is 7.93. The van der Waals surface area contributed by atoms with Crippen LogP contribution in [-0.2, 0) is 26.5 Å². The van der Waals surface area contributed by atoms with Gasteiger partial charge in [-0.1, -0.05) is 24.3 Å². The number of rotatable bonds is 8. The summed E-state index contributed by atoms with van der Waals surface area (Å²) < 4.78 is 55.2. The molecule has 0 saturated carbocycles. The van der Waals surface area contributed by atoms with Crippen LogP contribution in [0, 0.1) is 0 Å². The SMILES string of the molecule is Nc1ccc(S(=O)(=O)Nc2ccc(Cc3ccc(NS(=O)(=O)c4ccc(N)cc4)cc3)cc2)cc1. The molecule has 0 amide bonds. The van der Waals surface area contributed by atoms with Crippen LogP contribution in [-0.4, -0.2) is 16.8 Å². The maximum Gasteiger partial charge on any atom is 0.261 e. The molecule has 0 aromatic heterocycles. The second-order valence-corrected chi connectivity index (χ2v) is 11.3. The Kier molecular flexibility index (Phi) is 6.68. The summed E-state index contributed by atoms with van der Waals surface area (Å²) >= 11 is 0. The van der Waals surface area contributed by atoms with Gasteiger partial charge < -0.3 is 11.5 Å². The molecule has 0 heterocycles. The summed E-state index contributed by atoms with van der Waals surface area (Å²) in [6.07, 6.45) is 0.593. The average Bonchev–Trinajstić information content (AvgIpc) is 2.82. The first-order valence-electron chi connectivity index (χ1n) is 10.6. The second kappa shape index (κ2) is 9.69. The van der Waals surface area contributed by atoms with Gasteiger partial charge in [0.1, 0.15) is 0 Å². The molecule has 0 fully saturated rings. The standard InChI is InChI=1S/C25H24N4O4S2/c26-20-5-13-24(14-6-20)34(30,31)28-22-9-1-18(2-10-22)17-19-3-11-23(12-4-19)29-35(32,33)25-15-7-21(27)8-16-25/h1-16,28-29H,17,26-27H2. The Labute approximate surface area is 204 Å². The first-order valence-corrected chi connectivity index (χ1v) is 13.5. The summed E-state index contributed by atoms with van der Waals surface area (Å²) in [5, 5.41) is 0. The molecule has 0 spiro atoms. The molecule has 4 rings (SSSR count). The molecule has 0 bridgehead atoms. The van der Waals surface area contributed by atoms with Crippen molar-refractivity contribution in [3.05, 3.63) is 108 Å². The minimum absolute atomic E-state index is 0.128. The third-order valence-electron chi connectivity index (χ3n) is 5.20. The van der Waals surface area contributed by atoms with Crippen molar-refractivity contribution in [3.63, 3.8) is 0 Å². The van der Waals surface area contributed by atoms with Crippen LogP contribution in [0.1, 0.15) is 11.1 Å². The monoisotopic (exact) mass is 508 g/mol. The van der Waals surface area contributed by atoms with E-state index in [1.165, 1.54) is 48.5 Å². The van der Waals surface area contributed by atoms with E-state index in [-0.39, 0.29) is 9.79 Å². The van der Waals surface area contributed by atoms with Crippen LogP contribution in [0.3, 0.4) is 0 Å². The van der Waals surface area contributed by atoms with E-state index >= 15 is 0 Å². The first-order chi connectivity index (χ1) is 16.6. The summed E-state index contributed by atoms with van der Waals surface area (Å²) in [6.45, 7) is 0. The van der Waals surface area contributed by atoms with Crippen LogP contribution in [0.25, 0.3) is 0 Å². The minimum atomic E-state index is -3.71. The summed E-state index contributed by atoms with van der Waals surface area (Å²) in [5.74, 6) is 0. The predicted molar refractivity (Wildman–Crippen MR) is 139 cm³/mol. The van der Waals surface area contributed by atoms with E-state index < -0.39 is 20.0 Å². The molecule has 35 heavy (non-hydrogen) atoms. The van der Waals surface area contributed by atoms with Gasteiger partial charge in [-0.25, -0.2) is 16.8 Å². The van der Waals surface area contributed by atoms with Crippen LogP contribution in [0.15, 0.2) is 107 Å². The fraction of sp³-hybridized carbons (Fsp3) is 0.0400. The minimum Gasteiger partial charge on any atom is -0.399 e. The summed E-state index contributed by atoms with van der Waals surface area (Å²) in [7, 11) is -7.42. The lowest BCUT2D eigenvalue weighted by Crippen LogP contribution is -2.13. The zero-order valence-corrected chi connectivity index (χ0v) is 20.2. The third-order valence-corrected chi connectivity index (χ3v) is 8.00. The fourth-order valence-corrected chi connectivity index (χ4v) is 5.46. The summed E-state index contributed by atoms with van der Waals surface area (Å²) in [4.78, 5) is 0.255. The number of nitrogens with two attached hydrogens (primary N) is 2. The lowest BCUT2D eigenvalue weighted by atomic mass is 10.0. The van der Waals surface area contributed by atoms with Crippen LogP contribution in [0.5, 0.6) is 0 Å². The zero-order chi connectivity index (χ0) is 25.1. The summed E-state index contributed by atoms with van der Waals surface area (Å²) in [6, 6.07) is 26.0. The van der Waals surface area contributed by atoms with Gasteiger partial charge in [-0.05, 0) is 90.3 Å². The van der Waals surface area contributed by atoms with Crippen LogP contribution >= 0.6 is 0 Å².